The number of anilines is 1. The zero-order chi connectivity index (χ0) is 11.1. The maximum Gasteiger partial charge on any atom is 0.278 e. The number of nitrogens with zero attached hydrogens (tertiary/aromatic N) is 2. The number of carbonyl (C=O) groups is 1. The van der Waals surface area contributed by atoms with Crippen LogP contribution in [0.5, 0.6) is 0 Å². The predicted octanol–water partition coefficient (Wildman–Crippen LogP) is 1.37. The van der Waals surface area contributed by atoms with E-state index in [2.05, 4.69) is 15.5 Å². The van der Waals surface area contributed by atoms with Gasteiger partial charge in [-0.25, -0.2) is 0 Å². The van der Waals surface area contributed by atoms with Gasteiger partial charge >= 0.3 is 0 Å². The Balaban J connectivity index is 2.34. The summed E-state index contributed by atoms with van der Waals surface area (Å²) in [5.41, 5.74) is 1.31. The van der Waals surface area contributed by atoms with Crippen LogP contribution in [0.25, 0.3) is 10.8 Å². The third-order valence-electron chi connectivity index (χ3n) is 2.60. The van der Waals surface area contributed by atoms with E-state index in [9.17, 15) is 4.79 Å². The Bertz CT molecular complexity index is 634. The molecular formula is C11H7N3O2. The number of hydrogen-bond acceptors (Lipinski definition) is 4. The summed E-state index contributed by atoms with van der Waals surface area (Å²) < 4.78 is 0. The number of rotatable bonds is 0. The predicted molar refractivity (Wildman–Crippen MR) is 58.7 cm³/mol. The van der Waals surface area contributed by atoms with Crippen molar-refractivity contribution in [3.05, 3.63) is 36.2 Å². The first-order chi connectivity index (χ1) is 7.79. The van der Waals surface area contributed by atoms with E-state index in [4.69, 9.17) is 5.21 Å². The van der Waals surface area contributed by atoms with Crippen LogP contribution in [0.4, 0.5) is 5.69 Å². The summed E-state index contributed by atoms with van der Waals surface area (Å²) >= 11 is 0. The summed E-state index contributed by atoms with van der Waals surface area (Å²) in [6.07, 6.45) is 3.39. The first-order valence-corrected chi connectivity index (χ1v) is 4.71. The minimum Gasteiger partial charge on any atom is -0.410 e. The Morgan fingerprint density at radius 2 is 2.19 bits per heavy atom. The van der Waals surface area contributed by atoms with Crippen molar-refractivity contribution in [2.75, 3.05) is 5.32 Å². The van der Waals surface area contributed by atoms with Crippen LogP contribution < -0.4 is 5.32 Å². The zero-order valence-corrected chi connectivity index (χ0v) is 8.14. The number of fused-ring (bicyclic) bond motifs is 2. The third kappa shape index (κ3) is 1.08. The Morgan fingerprint density at radius 3 is 3.00 bits per heavy atom. The molecule has 0 saturated heterocycles. The molecule has 0 fully saturated rings. The average molecular weight is 213 g/mol. The lowest BCUT2D eigenvalue weighted by Crippen LogP contribution is -2.13. The second kappa shape index (κ2) is 3.03. The Kier molecular flexibility index (Phi) is 1.67. The van der Waals surface area contributed by atoms with Crippen LogP contribution in [0, 0.1) is 0 Å². The number of pyridine rings is 1. The SMILES string of the molecule is O=C1Nc2cc3ccncc3cc2/C1=N\O. The molecule has 0 aliphatic carbocycles. The van der Waals surface area contributed by atoms with Crippen LogP contribution >= 0.6 is 0 Å². The topological polar surface area (TPSA) is 74.6 Å². The average Bonchev–Trinajstić information content (AvgIpc) is 2.60. The van der Waals surface area contributed by atoms with Crippen molar-refractivity contribution in [3.8, 4) is 0 Å². The monoisotopic (exact) mass is 213 g/mol. The fraction of sp³-hybridized carbons (Fsp3) is 0. The molecular weight excluding hydrogens is 206 g/mol. The molecule has 1 aliphatic heterocycles. The Labute approximate surface area is 90.4 Å². The molecule has 5 nitrogen and oxygen atoms in total. The Hall–Kier alpha value is -2.43. The quantitative estimate of drug-likeness (QED) is 0.512. The smallest absolute Gasteiger partial charge is 0.278 e. The van der Waals surface area contributed by atoms with E-state index in [1.165, 1.54) is 0 Å². The molecule has 0 radical (unpaired) electrons. The van der Waals surface area contributed by atoms with Gasteiger partial charge in [-0.15, -0.1) is 0 Å². The first-order valence-electron chi connectivity index (χ1n) is 4.71. The lowest BCUT2D eigenvalue weighted by molar-refractivity contribution is -0.110. The van der Waals surface area contributed by atoms with Crippen molar-refractivity contribution in [3.63, 3.8) is 0 Å². The van der Waals surface area contributed by atoms with E-state index in [1.807, 2.05) is 12.1 Å². The molecule has 3 rings (SSSR count). The molecule has 0 unspecified atom stereocenters. The van der Waals surface area contributed by atoms with Crippen LogP contribution in [0.1, 0.15) is 5.56 Å². The number of amides is 1. The van der Waals surface area contributed by atoms with Gasteiger partial charge in [-0.3, -0.25) is 9.78 Å². The molecule has 78 valence electrons. The minimum absolute atomic E-state index is 0.0424. The molecule has 0 saturated carbocycles. The molecule has 2 aromatic rings. The van der Waals surface area contributed by atoms with E-state index >= 15 is 0 Å². The number of oxime groups is 1. The van der Waals surface area contributed by atoms with Crippen LogP contribution in [-0.2, 0) is 4.79 Å². The van der Waals surface area contributed by atoms with Gasteiger partial charge in [-0.1, -0.05) is 5.16 Å². The van der Waals surface area contributed by atoms with Crippen molar-refractivity contribution in [2.45, 2.75) is 0 Å². The van der Waals surface area contributed by atoms with Gasteiger partial charge in [-0.05, 0) is 23.6 Å². The maximum absolute atomic E-state index is 11.4. The summed E-state index contributed by atoms with van der Waals surface area (Å²) in [7, 11) is 0. The maximum atomic E-state index is 11.4. The number of nitrogens with one attached hydrogen (secondary N) is 1. The van der Waals surface area contributed by atoms with Gasteiger partial charge in [0.25, 0.3) is 5.91 Å². The molecule has 0 atom stereocenters. The Morgan fingerprint density at radius 1 is 1.31 bits per heavy atom. The molecule has 1 aromatic heterocycles. The fourth-order valence-corrected chi connectivity index (χ4v) is 1.84. The highest BCUT2D eigenvalue weighted by Crippen LogP contribution is 2.28. The standard InChI is InChI=1S/C11H7N3O2/c15-11-10(14-16)8-3-7-5-12-2-1-6(7)4-9(8)13-11/h1-5,16H,(H,13,14,15). The second-order valence-corrected chi connectivity index (χ2v) is 3.52. The van der Waals surface area contributed by atoms with Crippen LogP contribution in [0.3, 0.4) is 0 Å². The van der Waals surface area contributed by atoms with Gasteiger partial charge in [0.1, 0.15) is 0 Å². The zero-order valence-electron chi connectivity index (χ0n) is 8.14. The lowest BCUT2D eigenvalue weighted by Gasteiger charge is -2.00. The van der Waals surface area contributed by atoms with E-state index in [1.54, 1.807) is 18.5 Å². The van der Waals surface area contributed by atoms with Crippen LogP contribution in [0.15, 0.2) is 35.7 Å². The second-order valence-electron chi connectivity index (χ2n) is 3.52. The van der Waals surface area contributed by atoms with E-state index in [-0.39, 0.29) is 11.6 Å². The minimum atomic E-state index is -0.388. The van der Waals surface area contributed by atoms with Crippen molar-refractivity contribution in [2.24, 2.45) is 5.16 Å². The number of carbonyl (C=O) groups excluding carboxylic acids is 1. The molecule has 0 spiro atoms. The largest absolute Gasteiger partial charge is 0.410 e. The first kappa shape index (κ1) is 8.84. The third-order valence-corrected chi connectivity index (χ3v) is 2.60. The van der Waals surface area contributed by atoms with Crippen LogP contribution in [-0.4, -0.2) is 21.8 Å². The number of benzene rings is 1. The molecule has 2 N–H and O–H groups in total. The van der Waals surface area contributed by atoms with Gasteiger partial charge in [0.2, 0.25) is 0 Å². The molecule has 1 amide bonds. The highest BCUT2D eigenvalue weighted by Gasteiger charge is 2.26. The molecule has 1 aromatic carbocycles. The van der Waals surface area contributed by atoms with Gasteiger partial charge in [0, 0.05) is 23.3 Å². The lowest BCUT2D eigenvalue weighted by atomic mass is 10.1. The van der Waals surface area contributed by atoms with Crippen molar-refractivity contribution in [1.29, 1.82) is 0 Å². The molecule has 2 heterocycles. The summed E-state index contributed by atoms with van der Waals surface area (Å²) in [5, 5.41) is 16.3. The molecule has 16 heavy (non-hydrogen) atoms. The fourth-order valence-electron chi connectivity index (χ4n) is 1.84. The van der Waals surface area contributed by atoms with Crippen molar-refractivity contribution >= 4 is 28.1 Å². The van der Waals surface area contributed by atoms with Gasteiger partial charge in [-0.2, -0.15) is 0 Å². The van der Waals surface area contributed by atoms with Gasteiger partial charge in [0.15, 0.2) is 5.71 Å². The van der Waals surface area contributed by atoms with Crippen molar-refractivity contribution < 1.29 is 10.0 Å². The highest BCUT2D eigenvalue weighted by molar-refractivity contribution is 6.54. The van der Waals surface area contributed by atoms with E-state index < -0.39 is 0 Å². The van der Waals surface area contributed by atoms with E-state index in [0.29, 0.717) is 11.3 Å². The highest BCUT2D eigenvalue weighted by atomic mass is 16.4. The summed E-state index contributed by atoms with van der Waals surface area (Å²) in [4.78, 5) is 15.4. The van der Waals surface area contributed by atoms with Crippen LogP contribution in [0.2, 0.25) is 0 Å². The molecule has 5 heteroatoms. The summed E-state index contributed by atoms with van der Waals surface area (Å²) in [5.74, 6) is -0.388. The number of hydrogen-bond donors (Lipinski definition) is 2. The summed E-state index contributed by atoms with van der Waals surface area (Å²) in [6.45, 7) is 0. The number of aromatic nitrogens is 1. The van der Waals surface area contributed by atoms with Gasteiger partial charge < -0.3 is 10.5 Å². The summed E-state index contributed by atoms with van der Waals surface area (Å²) in [6, 6.07) is 5.48. The van der Waals surface area contributed by atoms with E-state index in [0.717, 1.165) is 10.8 Å². The molecule has 1 aliphatic rings. The normalized spacial score (nSPS) is 16.5. The van der Waals surface area contributed by atoms with Gasteiger partial charge in [0.05, 0.1) is 5.69 Å². The van der Waals surface area contributed by atoms with Crippen molar-refractivity contribution in [1.82, 2.24) is 4.98 Å². The molecule has 0 bridgehead atoms.